The monoisotopic (exact) mass is 438 g/mol. The molecule has 0 saturated heterocycles. The van der Waals surface area contributed by atoms with Crippen LogP contribution in [0, 0.1) is 0 Å². The molecule has 152 valence electrons. The summed E-state index contributed by atoms with van der Waals surface area (Å²) >= 11 is 6.03. The van der Waals surface area contributed by atoms with E-state index in [-0.39, 0.29) is 16.8 Å². The highest BCUT2D eigenvalue weighted by Gasteiger charge is 2.33. The van der Waals surface area contributed by atoms with Crippen LogP contribution in [0.2, 0.25) is 5.02 Å². The SMILES string of the molecule is CS(=O)(=O)c1ccc(C(=O)N2N=C(c3ccccc3)CC2c2ccc(Cl)cc2)cc1. The summed E-state index contributed by atoms with van der Waals surface area (Å²) in [5.74, 6) is -0.291. The van der Waals surface area contributed by atoms with E-state index in [0.29, 0.717) is 17.0 Å². The first-order valence-corrected chi connectivity index (χ1v) is 11.6. The Kier molecular flexibility index (Phi) is 5.45. The van der Waals surface area contributed by atoms with Gasteiger partial charge in [-0.1, -0.05) is 54.1 Å². The van der Waals surface area contributed by atoms with Crippen molar-refractivity contribution in [3.05, 3.63) is 101 Å². The highest BCUT2D eigenvalue weighted by molar-refractivity contribution is 7.90. The maximum Gasteiger partial charge on any atom is 0.274 e. The van der Waals surface area contributed by atoms with Crippen molar-refractivity contribution in [3.63, 3.8) is 0 Å². The second kappa shape index (κ2) is 8.05. The summed E-state index contributed by atoms with van der Waals surface area (Å²) < 4.78 is 23.4. The molecule has 7 heteroatoms. The molecule has 0 aliphatic carbocycles. The van der Waals surface area contributed by atoms with Gasteiger partial charge in [0.15, 0.2) is 9.84 Å². The largest absolute Gasteiger partial charge is 0.274 e. The van der Waals surface area contributed by atoms with Gasteiger partial charge in [-0.3, -0.25) is 4.79 Å². The third-order valence-electron chi connectivity index (χ3n) is 5.01. The number of rotatable bonds is 4. The number of carbonyl (C=O) groups excluding carboxylic acids is 1. The molecule has 1 heterocycles. The number of hydrogen-bond donors (Lipinski definition) is 0. The molecule has 1 aliphatic rings. The zero-order valence-electron chi connectivity index (χ0n) is 16.2. The number of amides is 1. The smallest absolute Gasteiger partial charge is 0.267 e. The maximum absolute atomic E-state index is 13.3. The number of benzene rings is 3. The van der Waals surface area contributed by atoms with Crippen LogP contribution in [0.5, 0.6) is 0 Å². The van der Waals surface area contributed by atoms with Crippen LogP contribution >= 0.6 is 11.6 Å². The van der Waals surface area contributed by atoms with Gasteiger partial charge < -0.3 is 0 Å². The summed E-state index contributed by atoms with van der Waals surface area (Å²) in [6.07, 6.45) is 1.70. The fourth-order valence-corrected chi connectivity index (χ4v) is 4.18. The molecule has 0 N–H and O–H groups in total. The Balaban J connectivity index is 1.71. The van der Waals surface area contributed by atoms with Gasteiger partial charge in [0.05, 0.1) is 16.6 Å². The fraction of sp³-hybridized carbons (Fsp3) is 0.130. The van der Waals surface area contributed by atoms with Crippen LogP contribution in [-0.2, 0) is 9.84 Å². The van der Waals surface area contributed by atoms with Gasteiger partial charge in [0.2, 0.25) is 0 Å². The molecule has 0 spiro atoms. The van der Waals surface area contributed by atoms with Crippen molar-refractivity contribution in [1.29, 1.82) is 0 Å². The molecule has 3 aromatic rings. The molecule has 0 bridgehead atoms. The van der Waals surface area contributed by atoms with E-state index in [4.69, 9.17) is 11.6 Å². The minimum Gasteiger partial charge on any atom is -0.267 e. The lowest BCUT2D eigenvalue weighted by molar-refractivity contribution is 0.0711. The number of halogens is 1. The molecular weight excluding hydrogens is 420 g/mol. The standard InChI is InChI=1S/C23H19ClN2O3S/c1-30(28,29)20-13-9-18(10-14-20)23(27)26-22(17-7-11-19(24)12-8-17)15-21(25-26)16-5-3-2-4-6-16/h2-14,22H,15H2,1H3. The van der Waals surface area contributed by atoms with Crippen molar-refractivity contribution >= 4 is 33.1 Å². The summed E-state index contributed by atoms with van der Waals surface area (Å²) in [4.78, 5) is 13.4. The van der Waals surface area contributed by atoms with Gasteiger partial charge in [0.1, 0.15) is 0 Å². The summed E-state index contributed by atoms with van der Waals surface area (Å²) in [6, 6.07) is 22.7. The molecule has 1 atom stereocenters. The van der Waals surface area contributed by atoms with E-state index in [1.165, 1.54) is 29.3 Å². The average molecular weight is 439 g/mol. The van der Waals surface area contributed by atoms with Crippen molar-refractivity contribution < 1.29 is 13.2 Å². The van der Waals surface area contributed by atoms with E-state index in [9.17, 15) is 13.2 Å². The summed E-state index contributed by atoms with van der Waals surface area (Å²) in [5.41, 5.74) is 3.07. The highest BCUT2D eigenvalue weighted by atomic mass is 35.5. The van der Waals surface area contributed by atoms with Crippen LogP contribution in [0.3, 0.4) is 0 Å². The minimum atomic E-state index is -3.33. The number of sulfone groups is 1. The summed E-state index contributed by atoms with van der Waals surface area (Å²) in [7, 11) is -3.33. The number of carbonyl (C=O) groups is 1. The Hall–Kier alpha value is -2.96. The molecule has 0 radical (unpaired) electrons. The first-order valence-electron chi connectivity index (χ1n) is 9.35. The second-order valence-corrected chi connectivity index (χ2v) is 9.58. The lowest BCUT2D eigenvalue weighted by atomic mass is 9.98. The van der Waals surface area contributed by atoms with Gasteiger partial charge in [-0.2, -0.15) is 5.10 Å². The normalized spacial score (nSPS) is 16.4. The zero-order chi connectivity index (χ0) is 21.3. The predicted molar refractivity (Wildman–Crippen MR) is 118 cm³/mol. The van der Waals surface area contributed by atoms with Crippen molar-refractivity contribution in [1.82, 2.24) is 5.01 Å². The zero-order valence-corrected chi connectivity index (χ0v) is 17.8. The third-order valence-corrected chi connectivity index (χ3v) is 6.39. The molecule has 30 heavy (non-hydrogen) atoms. The molecular formula is C23H19ClN2O3S. The molecule has 1 aliphatic heterocycles. The van der Waals surface area contributed by atoms with E-state index in [1.54, 1.807) is 12.1 Å². The molecule has 1 unspecified atom stereocenters. The van der Waals surface area contributed by atoms with E-state index in [0.717, 1.165) is 23.1 Å². The second-order valence-electron chi connectivity index (χ2n) is 7.13. The third kappa shape index (κ3) is 4.15. The predicted octanol–water partition coefficient (Wildman–Crippen LogP) is 4.74. The van der Waals surface area contributed by atoms with Gasteiger partial charge in [-0.25, -0.2) is 13.4 Å². The van der Waals surface area contributed by atoms with Gasteiger partial charge in [0, 0.05) is 23.3 Å². The highest BCUT2D eigenvalue weighted by Crippen LogP contribution is 2.34. The van der Waals surface area contributed by atoms with Crippen molar-refractivity contribution in [2.24, 2.45) is 5.10 Å². The summed E-state index contributed by atoms with van der Waals surface area (Å²) in [6.45, 7) is 0. The van der Waals surface area contributed by atoms with Crippen LogP contribution in [-0.4, -0.2) is 31.3 Å². The number of nitrogens with zero attached hydrogens (tertiary/aromatic N) is 2. The minimum absolute atomic E-state index is 0.170. The molecule has 0 aromatic heterocycles. The number of hydrazone groups is 1. The van der Waals surface area contributed by atoms with Gasteiger partial charge in [0.25, 0.3) is 5.91 Å². The molecule has 5 nitrogen and oxygen atoms in total. The van der Waals surface area contributed by atoms with Crippen LogP contribution in [0.25, 0.3) is 0 Å². The van der Waals surface area contributed by atoms with Gasteiger partial charge >= 0.3 is 0 Å². The molecule has 4 rings (SSSR count). The maximum atomic E-state index is 13.3. The van der Waals surface area contributed by atoms with Crippen LogP contribution in [0.4, 0.5) is 0 Å². The van der Waals surface area contributed by atoms with Crippen LogP contribution < -0.4 is 0 Å². The van der Waals surface area contributed by atoms with Crippen LogP contribution in [0.1, 0.15) is 33.9 Å². The molecule has 0 fully saturated rings. The molecule has 3 aromatic carbocycles. The summed E-state index contributed by atoms with van der Waals surface area (Å²) in [5, 5.41) is 6.73. The average Bonchev–Trinajstić information content (AvgIpc) is 3.19. The van der Waals surface area contributed by atoms with E-state index in [1.807, 2.05) is 42.5 Å². The first kappa shape index (κ1) is 20.3. The molecule has 0 saturated carbocycles. The Morgan fingerprint density at radius 3 is 2.20 bits per heavy atom. The van der Waals surface area contributed by atoms with E-state index in [2.05, 4.69) is 5.10 Å². The van der Waals surface area contributed by atoms with E-state index < -0.39 is 9.84 Å². The lowest BCUT2D eigenvalue weighted by Crippen LogP contribution is -2.27. The first-order chi connectivity index (χ1) is 14.3. The van der Waals surface area contributed by atoms with Gasteiger partial charge in [-0.05, 0) is 47.5 Å². The Labute approximate surface area is 180 Å². The lowest BCUT2D eigenvalue weighted by Gasteiger charge is -2.22. The van der Waals surface area contributed by atoms with Crippen LogP contribution in [0.15, 0.2) is 88.9 Å². The van der Waals surface area contributed by atoms with Crippen molar-refractivity contribution in [3.8, 4) is 0 Å². The fourth-order valence-electron chi connectivity index (χ4n) is 3.42. The Bertz CT molecular complexity index is 1210. The topological polar surface area (TPSA) is 66.8 Å². The Morgan fingerprint density at radius 2 is 1.60 bits per heavy atom. The van der Waals surface area contributed by atoms with Gasteiger partial charge in [-0.15, -0.1) is 0 Å². The van der Waals surface area contributed by atoms with Crippen molar-refractivity contribution in [2.45, 2.75) is 17.4 Å². The quantitative estimate of drug-likeness (QED) is 0.591. The van der Waals surface area contributed by atoms with Crippen molar-refractivity contribution in [2.75, 3.05) is 6.26 Å². The number of hydrogen-bond acceptors (Lipinski definition) is 4. The molecule has 1 amide bonds. The van der Waals surface area contributed by atoms with E-state index >= 15 is 0 Å². The Morgan fingerprint density at radius 1 is 0.967 bits per heavy atom.